The number of methoxy groups -OCH3 is 1. The molecule has 0 heterocycles. The van der Waals surface area contributed by atoms with Gasteiger partial charge < -0.3 is 14.6 Å². The third kappa shape index (κ3) is 4.06. The van der Waals surface area contributed by atoms with E-state index in [2.05, 4.69) is 4.74 Å². The molecule has 0 saturated heterocycles. The van der Waals surface area contributed by atoms with Gasteiger partial charge in [0.25, 0.3) is 0 Å². The molecule has 0 unspecified atom stereocenters. The van der Waals surface area contributed by atoms with Gasteiger partial charge in [0.05, 0.1) is 23.8 Å². The molecular weight excluding hydrogens is 260 g/mol. The third-order valence-corrected chi connectivity index (χ3v) is 3.33. The number of carbonyl (C=O) groups is 2. The Bertz CT molecular complexity index is 460. The Morgan fingerprint density at radius 3 is 1.90 bits per heavy atom. The lowest BCUT2D eigenvalue weighted by molar-refractivity contribution is -0.0366. The maximum atomic E-state index is 11.8. The van der Waals surface area contributed by atoms with Crippen molar-refractivity contribution in [3.8, 4) is 0 Å². The monoisotopic (exact) mass is 280 g/mol. The lowest BCUT2D eigenvalue weighted by Gasteiger charge is -2.24. The van der Waals surface area contributed by atoms with Gasteiger partial charge in [0, 0.05) is 0 Å². The van der Waals surface area contributed by atoms with Gasteiger partial charge in [0.15, 0.2) is 0 Å². The molecular formula is C15H20O5. The molecule has 5 heteroatoms. The highest BCUT2D eigenvalue weighted by molar-refractivity contribution is 5.93. The molecule has 0 aliphatic rings. The van der Waals surface area contributed by atoms with Crippen LogP contribution in [0, 0.1) is 0 Å². The second kappa shape index (κ2) is 7.05. The van der Waals surface area contributed by atoms with Crippen molar-refractivity contribution in [1.29, 1.82) is 0 Å². The summed E-state index contributed by atoms with van der Waals surface area (Å²) in [4.78, 5) is 23.1. The van der Waals surface area contributed by atoms with Crippen LogP contribution in [0.1, 0.15) is 47.4 Å². The summed E-state index contributed by atoms with van der Waals surface area (Å²) in [5.41, 5.74) is -0.295. The van der Waals surface area contributed by atoms with Gasteiger partial charge in [-0.05, 0) is 37.1 Å². The molecule has 1 rings (SSSR count). The SMILES string of the molecule is CCC(O)(CC)COC(=O)c1ccc(C(=O)OC)cc1. The lowest BCUT2D eigenvalue weighted by atomic mass is 9.99. The zero-order valence-corrected chi connectivity index (χ0v) is 12.0. The summed E-state index contributed by atoms with van der Waals surface area (Å²) in [6, 6.07) is 5.97. The molecule has 0 saturated carbocycles. The van der Waals surface area contributed by atoms with Crippen molar-refractivity contribution < 1.29 is 24.2 Å². The van der Waals surface area contributed by atoms with Gasteiger partial charge in [-0.25, -0.2) is 9.59 Å². The van der Waals surface area contributed by atoms with Gasteiger partial charge in [0.2, 0.25) is 0 Å². The van der Waals surface area contributed by atoms with E-state index in [-0.39, 0.29) is 6.61 Å². The number of esters is 2. The maximum Gasteiger partial charge on any atom is 0.338 e. The minimum atomic E-state index is -0.985. The minimum Gasteiger partial charge on any atom is -0.465 e. The molecule has 0 radical (unpaired) electrons. The highest BCUT2D eigenvalue weighted by atomic mass is 16.5. The fourth-order valence-electron chi connectivity index (χ4n) is 1.60. The summed E-state index contributed by atoms with van der Waals surface area (Å²) in [6.45, 7) is 3.63. The topological polar surface area (TPSA) is 72.8 Å². The molecule has 1 aromatic rings. The van der Waals surface area contributed by atoms with Crippen LogP contribution in [0.4, 0.5) is 0 Å². The number of rotatable bonds is 6. The number of carbonyl (C=O) groups excluding carboxylic acids is 2. The van der Waals surface area contributed by atoms with E-state index in [9.17, 15) is 14.7 Å². The smallest absolute Gasteiger partial charge is 0.338 e. The van der Waals surface area contributed by atoms with Crippen molar-refractivity contribution >= 4 is 11.9 Å². The van der Waals surface area contributed by atoms with Crippen LogP contribution in [0.3, 0.4) is 0 Å². The first-order chi connectivity index (χ1) is 9.45. The molecule has 0 aliphatic heterocycles. The summed E-state index contributed by atoms with van der Waals surface area (Å²) in [5, 5.41) is 10.0. The summed E-state index contributed by atoms with van der Waals surface area (Å²) in [6.07, 6.45) is 1.02. The molecule has 110 valence electrons. The summed E-state index contributed by atoms with van der Waals surface area (Å²) < 4.78 is 9.67. The molecule has 0 atom stereocenters. The number of aliphatic hydroxyl groups is 1. The minimum absolute atomic E-state index is 0.0441. The van der Waals surface area contributed by atoms with Crippen LogP contribution in [0.5, 0.6) is 0 Å². The molecule has 0 fully saturated rings. The van der Waals surface area contributed by atoms with E-state index in [1.54, 1.807) is 0 Å². The molecule has 0 aromatic heterocycles. The Labute approximate surface area is 118 Å². The molecule has 1 N–H and O–H groups in total. The van der Waals surface area contributed by atoms with Crippen LogP contribution in [-0.4, -0.2) is 36.4 Å². The molecule has 0 spiro atoms. The molecule has 0 amide bonds. The van der Waals surface area contributed by atoms with Crippen molar-refractivity contribution in [2.24, 2.45) is 0 Å². The highest BCUT2D eigenvalue weighted by Gasteiger charge is 2.24. The van der Waals surface area contributed by atoms with Crippen molar-refractivity contribution in [3.63, 3.8) is 0 Å². The fourth-order valence-corrected chi connectivity index (χ4v) is 1.60. The molecule has 20 heavy (non-hydrogen) atoms. The largest absolute Gasteiger partial charge is 0.465 e. The van der Waals surface area contributed by atoms with Gasteiger partial charge in [-0.2, -0.15) is 0 Å². The number of hydrogen-bond acceptors (Lipinski definition) is 5. The van der Waals surface area contributed by atoms with Crippen molar-refractivity contribution in [3.05, 3.63) is 35.4 Å². The van der Waals surface area contributed by atoms with E-state index in [4.69, 9.17) is 4.74 Å². The quantitative estimate of drug-likeness (QED) is 0.808. The lowest BCUT2D eigenvalue weighted by Crippen LogP contribution is -2.34. The van der Waals surface area contributed by atoms with Crippen LogP contribution in [0.25, 0.3) is 0 Å². The van der Waals surface area contributed by atoms with Gasteiger partial charge in [-0.15, -0.1) is 0 Å². The number of ether oxygens (including phenoxy) is 2. The summed E-state index contributed by atoms with van der Waals surface area (Å²) in [5.74, 6) is -0.988. The highest BCUT2D eigenvalue weighted by Crippen LogP contribution is 2.16. The van der Waals surface area contributed by atoms with Crippen LogP contribution in [0.15, 0.2) is 24.3 Å². The predicted octanol–water partition coefficient (Wildman–Crippen LogP) is 2.18. The number of benzene rings is 1. The second-order valence-corrected chi connectivity index (χ2v) is 4.58. The van der Waals surface area contributed by atoms with Crippen LogP contribution in [0.2, 0.25) is 0 Å². The molecule has 5 nitrogen and oxygen atoms in total. The van der Waals surface area contributed by atoms with Crippen molar-refractivity contribution in [2.75, 3.05) is 13.7 Å². The van der Waals surface area contributed by atoms with E-state index < -0.39 is 17.5 Å². The van der Waals surface area contributed by atoms with Crippen molar-refractivity contribution in [2.45, 2.75) is 32.3 Å². The number of hydrogen-bond donors (Lipinski definition) is 1. The summed E-state index contributed by atoms with van der Waals surface area (Å²) >= 11 is 0. The Morgan fingerprint density at radius 1 is 1.05 bits per heavy atom. The molecule has 0 bridgehead atoms. The van der Waals surface area contributed by atoms with Crippen molar-refractivity contribution in [1.82, 2.24) is 0 Å². The third-order valence-electron chi connectivity index (χ3n) is 3.33. The fraction of sp³-hybridized carbons (Fsp3) is 0.467. The van der Waals surface area contributed by atoms with Gasteiger partial charge in [-0.1, -0.05) is 13.8 Å². The van der Waals surface area contributed by atoms with Gasteiger partial charge in [-0.3, -0.25) is 0 Å². The zero-order chi connectivity index (χ0) is 15.2. The van der Waals surface area contributed by atoms with E-state index >= 15 is 0 Å². The maximum absolute atomic E-state index is 11.8. The normalized spacial score (nSPS) is 11.0. The van der Waals surface area contributed by atoms with Gasteiger partial charge >= 0.3 is 11.9 Å². The standard InChI is InChI=1S/C15H20O5/c1-4-15(18,5-2)10-20-14(17)12-8-6-11(7-9-12)13(16)19-3/h6-9,18H,4-5,10H2,1-3H3. The first kappa shape index (κ1) is 16.2. The Kier molecular flexibility index (Phi) is 5.70. The van der Waals surface area contributed by atoms with E-state index in [1.807, 2.05) is 13.8 Å². The first-order valence-electron chi connectivity index (χ1n) is 6.53. The zero-order valence-electron chi connectivity index (χ0n) is 12.0. The average Bonchev–Trinajstić information content (AvgIpc) is 2.51. The first-order valence-corrected chi connectivity index (χ1v) is 6.53. The van der Waals surface area contributed by atoms with E-state index in [1.165, 1.54) is 31.4 Å². The average molecular weight is 280 g/mol. The summed E-state index contributed by atoms with van der Waals surface area (Å²) in [7, 11) is 1.29. The van der Waals surface area contributed by atoms with Crippen LogP contribution in [-0.2, 0) is 9.47 Å². The van der Waals surface area contributed by atoms with E-state index in [0.717, 1.165) is 0 Å². The Balaban J connectivity index is 2.67. The van der Waals surface area contributed by atoms with Crippen LogP contribution < -0.4 is 0 Å². The Morgan fingerprint density at radius 2 is 1.50 bits per heavy atom. The predicted molar refractivity (Wildman–Crippen MR) is 73.6 cm³/mol. The van der Waals surface area contributed by atoms with Gasteiger partial charge in [0.1, 0.15) is 6.61 Å². The second-order valence-electron chi connectivity index (χ2n) is 4.58. The Hall–Kier alpha value is -1.88. The molecule has 1 aromatic carbocycles. The molecule has 0 aliphatic carbocycles. The van der Waals surface area contributed by atoms with Crippen LogP contribution >= 0.6 is 0 Å². The van der Waals surface area contributed by atoms with E-state index in [0.29, 0.717) is 24.0 Å².